The lowest BCUT2D eigenvalue weighted by molar-refractivity contribution is 0.0434. The van der Waals surface area contributed by atoms with Crippen molar-refractivity contribution in [3.05, 3.63) is 71.0 Å². The monoisotopic (exact) mass is 436 g/mol. The van der Waals surface area contributed by atoms with Crippen molar-refractivity contribution >= 4 is 17.5 Å². The summed E-state index contributed by atoms with van der Waals surface area (Å²) in [4.78, 5) is 31.3. The highest BCUT2D eigenvalue weighted by Crippen LogP contribution is 2.31. The van der Waals surface area contributed by atoms with Crippen molar-refractivity contribution in [2.75, 3.05) is 13.1 Å². The van der Waals surface area contributed by atoms with Crippen molar-refractivity contribution in [2.45, 2.75) is 24.9 Å². The molecule has 0 aliphatic carbocycles. The molecule has 7 nitrogen and oxygen atoms in total. The predicted octanol–water partition coefficient (Wildman–Crippen LogP) is 3.65. The van der Waals surface area contributed by atoms with Gasteiger partial charge < -0.3 is 4.90 Å². The summed E-state index contributed by atoms with van der Waals surface area (Å²) in [5.41, 5.74) is 0.463. The van der Waals surface area contributed by atoms with Gasteiger partial charge in [-0.25, -0.2) is 19.3 Å². The fraction of sp³-hybridized carbons (Fsp3) is 0.273. The van der Waals surface area contributed by atoms with Crippen LogP contribution in [-0.2, 0) is 6.42 Å². The van der Waals surface area contributed by atoms with E-state index in [9.17, 15) is 10.1 Å². The van der Waals surface area contributed by atoms with Gasteiger partial charge in [-0.15, -0.1) is 0 Å². The number of amides is 1. The smallest absolute Gasteiger partial charge is 0.256 e. The Kier molecular flexibility index (Phi) is 5.87. The fourth-order valence-corrected chi connectivity index (χ4v) is 3.73. The summed E-state index contributed by atoms with van der Waals surface area (Å²) in [6, 6.07) is 10.1. The first kappa shape index (κ1) is 20.8. The topological polar surface area (TPSA) is 95.7 Å². The third-order valence-electron chi connectivity index (χ3n) is 5.30. The summed E-state index contributed by atoms with van der Waals surface area (Å²) >= 11 is 5.85. The Bertz CT molecular complexity index is 1120. The number of rotatable bonds is 4. The van der Waals surface area contributed by atoms with E-state index < -0.39 is 5.67 Å². The Morgan fingerprint density at radius 2 is 2.00 bits per heavy atom. The molecule has 0 aromatic carbocycles. The Labute approximate surface area is 183 Å². The number of hydrogen-bond acceptors (Lipinski definition) is 6. The van der Waals surface area contributed by atoms with Crippen molar-refractivity contribution in [3.63, 3.8) is 0 Å². The molecular weight excluding hydrogens is 419 g/mol. The molecule has 4 rings (SSSR count). The quantitative estimate of drug-likeness (QED) is 0.619. The molecule has 1 aliphatic rings. The van der Waals surface area contributed by atoms with Crippen LogP contribution >= 0.6 is 11.6 Å². The van der Waals surface area contributed by atoms with Gasteiger partial charge in [0.2, 0.25) is 0 Å². The second kappa shape index (κ2) is 8.74. The summed E-state index contributed by atoms with van der Waals surface area (Å²) in [5, 5.41) is 9.69. The lowest BCUT2D eigenvalue weighted by atomic mass is 9.88. The van der Waals surface area contributed by atoms with E-state index in [0.29, 0.717) is 27.7 Å². The molecule has 1 amide bonds. The number of piperidine rings is 1. The van der Waals surface area contributed by atoms with E-state index >= 15 is 4.39 Å². The minimum absolute atomic E-state index is 0.177. The molecule has 9 heteroatoms. The van der Waals surface area contributed by atoms with E-state index in [1.807, 2.05) is 6.07 Å². The first-order valence-electron chi connectivity index (χ1n) is 9.74. The highest BCUT2D eigenvalue weighted by atomic mass is 35.5. The molecule has 0 atom stereocenters. The zero-order valence-electron chi connectivity index (χ0n) is 16.5. The lowest BCUT2D eigenvalue weighted by Crippen LogP contribution is -2.45. The van der Waals surface area contributed by atoms with Crippen molar-refractivity contribution in [1.29, 1.82) is 5.26 Å². The predicted molar refractivity (Wildman–Crippen MR) is 112 cm³/mol. The third-order valence-corrected chi connectivity index (χ3v) is 5.52. The Balaban J connectivity index is 1.51. The first-order valence-corrected chi connectivity index (χ1v) is 10.1. The van der Waals surface area contributed by atoms with Gasteiger partial charge in [-0.3, -0.25) is 9.78 Å². The third kappa shape index (κ3) is 4.67. The van der Waals surface area contributed by atoms with Gasteiger partial charge in [0.05, 0.1) is 16.3 Å². The molecule has 1 fully saturated rings. The number of likely N-dealkylation sites (tertiary alicyclic amines) is 1. The molecule has 1 aliphatic heterocycles. The molecule has 0 N–H and O–H groups in total. The highest BCUT2D eigenvalue weighted by Gasteiger charge is 2.37. The van der Waals surface area contributed by atoms with Crippen molar-refractivity contribution in [3.8, 4) is 17.5 Å². The van der Waals surface area contributed by atoms with Crippen LogP contribution < -0.4 is 0 Å². The van der Waals surface area contributed by atoms with Crippen molar-refractivity contribution in [1.82, 2.24) is 24.8 Å². The van der Waals surface area contributed by atoms with Crippen LogP contribution in [0.2, 0.25) is 5.02 Å². The maximum absolute atomic E-state index is 15.4. The molecule has 3 aromatic heterocycles. The number of nitriles is 1. The minimum atomic E-state index is -1.43. The fourth-order valence-electron chi connectivity index (χ4n) is 3.61. The molecule has 0 unspecified atom stereocenters. The van der Waals surface area contributed by atoms with Crippen LogP contribution in [0.1, 0.15) is 34.6 Å². The number of pyridine rings is 2. The maximum Gasteiger partial charge on any atom is 0.256 e. The van der Waals surface area contributed by atoms with Gasteiger partial charge in [-0.2, -0.15) is 5.26 Å². The lowest BCUT2D eigenvalue weighted by Gasteiger charge is -2.36. The number of carbonyl (C=O) groups is 1. The van der Waals surface area contributed by atoms with Crippen LogP contribution in [0.5, 0.6) is 0 Å². The van der Waals surface area contributed by atoms with E-state index in [1.54, 1.807) is 35.4 Å². The van der Waals surface area contributed by atoms with Gasteiger partial charge in [-0.05, 0) is 43.2 Å². The highest BCUT2D eigenvalue weighted by molar-refractivity contribution is 6.30. The van der Waals surface area contributed by atoms with Gasteiger partial charge in [0, 0.05) is 37.6 Å². The molecule has 0 radical (unpaired) electrons. The zero-order valence-corrected chi connectivity index (χ0v) is 17.3. The Hall–Kier alpha value is -3.44. The number of carbonyl (C=O) groups excluding carboxylic acids is 1. The summed E-state index contributed by atoms with van der Waals surface area (Å²) < 4.78 is 15.4. The maximum atomic E-state index is 15.4. The van der Waals surface area contributed by atoms with Crippen LogP contribution in [0.3, 0.4) is 0 Å². The summed E-state index contributed by atoms with van der Waals surface area (Å²) in [5.74, 6) is -0.266. The molecule has 31 heavy (non-hydrogen) atoms. The summed E-state index contributed by atoms with van der Waals surface area (Å²) in [6.07, 6.45) is 4.99. The zero-order chi connectivity index (χ0) is 21.8. The number of alkyl halides is 1. The van der Waals surface area contributed by atoms with Gasteiger partial charge in [0.15, 0.2) is 0 Å². The van der Waals surface area contributed by atoms with Crippen LogP contribution in [0.25, 0.3) is 11.4 Å². The molecule has 0 spiro atoms. The number of halogens is 2. The number of aromatic nitrogens is 4. The Morgan fingerprint density at radius 3 is 2.65 bits per heavy atom. The number of nitrogens with zero attached hydrogens (tertiary/aromatic N) is 6. The van der Waals surface area contributed by atoms with E-state index in [4.69, 9.17) is 11.6 Å². The number of hydrogen-bond donors (Lipinski definition) is 0. The van der Waals surface area contributed by atoms with Crippen LogP contribution in [0.15, 0.2) is 49.1 Å². The normalized spacial score (nSPS) is 15.3. The minimum Gasteiger partial charge on any atom is -0.338 e. The summed E-state index contributed by atoms with van der Waals surface area (Å²) in [7, 11) is 0. The van der Waals surface area contributed by atoms with Crippen LogP contribution in [0, 0.1) is 11.3 Å². The average Bonchev–Trinajstić information content (AvgIpc) is 2.81. The molecule has 0 bridgehead atoms. The first-order chi connectivity index (χ1) is 15.0. The molecule has 0 saturated carbocycles. The average molecular weight is 437 g/mol. The molecule has 1 saturated heterocycles. The second-order valence-corrected chi connectivity index (χ2v) is 7.82. The molecule has 156 valence electrons. The largest absolute Gasteiger partial charge is 0.338 e. The molecular formula is C22H18ClFN6O. The SMILES string of the molecule is N#Cc1ccc(C(=O)N2CCC(F)(Cc3ccc(Cl)cn3)CC2)c(-c2ccncn2)n1. The van der Waals surface area contributed by atoms with Crippen LogP contribution in [0.4, 0.5) is 4.39 Å². The van der Waals surface area contributed by atoms with Gasteiger partial charge in [0.25, 0.3) is 5.91 Å². The molecule has 4 heterocycles. The Morgan fingerprint density at radius 1 is 1.19 bits per heavy atom. The molecule has 3 aromatic rings. The van der Waals surface area contributed by atoms with E-state index in [1.165, 1.54) is 18.6 Å². The van der Waals surface area contributed by atoms with E-state index in [2.05, 4.69) is 19.9 Å². The second-order valence-electron chi connectivity index (χ2n) is 7.39. The van der Waals surface area contributed by atoms with Gasteiger partial charge in [-0.1, -0.05) is 11.6 Å². The van der Waals surface area contributed by atoms with E-state index in [-0.39, 0.29) is 44.0 Å². The van der Waals surface area contributed by atoms with Gasteiger partial charge >= 0.3 is 0 Å². The summed E-state index contributed by atoms with van der Waals surface area (Å²) in [6.45, 7) is 0.540. The van der Waals surface area contributed by atoms with Crippen molar-refractivity contribution in [2.24, 2.45) is 0 Å². The standard InChI is InChI=1S/C22H18ClFN6O/c23-15-1-2-16(27-13-15)11-22(24)6-9-30(10-7-22)21(31)18-4-3-17(12-25)29-20(18)19-5-8-26-14-28-19/h1-5,8,13-14H,6-7,9-11H2. The van der Waals surface area contributed by atoms with Crippen LogP contribution in [-0.4, -0.2) is 49.5 Å². The van der Waals surface area contributed by atoms with Crippen molar-refractivity contribution < 1.29 is 9.18 Å². The van der Waals surface area contributed by atoms with Gasteiger partial charge in [0.1, 0.15) is 29.5 Å². The van der Waals surface area contributed by atoms with E-state index in [0.717, 1.165) is 0 Å².